The molecule has 0 radical (unpaired) electrons. The summed E-state index contributed by atoms with van der Waals surface area (Å²) in [6.07, 6.45) is 7.87. The zero-order chi connectivity index (χ0) is 13.7. The minimum atomic E-state index is -0.694. The van der Waals surface area contributed by atoms with Crippen molar-refractivity contribution in [2.75, 3.05) is 18.0 Å². The quantitative estimate of drug-likeness (QED) is 0.881. The standard InChI is InChI=1S/C14H21N3O2/c1-2-11-9-15-14(16-10-11)17-7-5-12(6-8-17)3-4-13(18)19/h9-10,12H,2-8H2,1H3,(H,18,19). The first kappa shape index (κ1) is 13.8. The molecule has 104 valence electrons. The van der Waals surface area contributed by atoms with E-state index in [1.165, 1.54) is 0 Å². The van der Waals surface area contributed by atoms with Crippen LogP contribution in [0.4, 0.5) is 5.95 Å². The van der Waals surface area contributed by atoms with Crippen LogP contribution in [0.2, 0.25) is 0 Å². The lowest BCUT2D eigenvalue weighted by atomic mass is 9.92. The summed E-state index contributed by atoms with van der Waals surface area (Å²) in [5.41, 5.74) is 1.15. The molecule has 5 heteroatoms. The SMILES string of the molecule is CCc1cnc(N2CCC(CCC(=O)O)CC2)nc1. The summed E-state index contributed by atoms with van der Waals surface area (Å²) in [4.78, 5) is 21.5. The molecule has 2 heterocycles. The van der Waals surface area contributed by atoms with Crippen LogP contribution >= 0.6 is 0 Å². The Balaban J connectivity index is 1.83. The van der Waals surface area contributed by atoms with Crippen molar-refractivity contribution in [1.29, 1.82) is 0 Å². The van der Waals surface area contributed by atoms with Gasteiger partial charge < -0.3 is 10.0 Å². The maximum Gasteiger partial charge on any atom is 0.303 e. The van der Waals surface area contributed by atoms with E-state index in [0.29, 0.717) is 5.92 Å². The van der Waals surface area contributed by atoms with Gasteiger partial charge in [-0.15, -0.1) is 0 Å². The van der Waals surface area contributed by atoms with Gasteiger partial charge in [0.25, 0.3) is 0 Å². The van der Waals surface area contributed by atoms with Crippen LogP contribution in [0, 0.1) is 5.92 Å². The summed E-state index contributed by atoms with van der Waals surface area (Å²) in [5, 5.41) is 8.69. The Morgan fingerprint density at radius 3 is 2.53 bits per heavy atom. The summed E-state index contributed by atoms with van der Waals surface area (Å²) < 4.78 is 0. The second-order valence-corrected chi connectivity index (χ2v) is 5.11. The predicted octanol–water partition coefficient (Wildman–Crippen LogP) is 2.12. The maximum atomic E-state index is 10.6. The van der Waals surface area contributed by atoms with Crippen LogP contribution < -0.4 is 4.90 Å². The Morgan fingerprint density at radius 2 is 2.00 bits per heavy atom. The van der Waals surface area contributed by atoms with Crippen molar-refractivity contribution >= 4 is 11.9 Å². The molecule has 1 aromatic heterocycles. The van der Waals surface area contributed by atoms with Gasteiger partial charge in [0.2, 0.25) is 5.95 Å². The third-order valence-electron chi connectivity index (χ3n) is 3.76. The highest BCUT2D eigenvalue weighted by molar-refractivity contribution is 5.66. The van der Waals surface area contributed by atoms with Gasteiger partial charge in [-0.3, -0.25) is 4.79 Å². The fraction of sp³-hybridized carbons (Fsp3) is 0.643. The molecule has 0 amide bonds. The molecule has 0 aliphatic carbocycles. The molecule has 0 saturated carbocycles. The monoisotopic (exact) mass is 263 g/mol. The number of aliphatic carboxylic acids is 1. The lowest BCUT2D eigenvalue weighted by molar-refractivity contribution is -0.137. The second-order valence-electron chi connectivity index (χ2n) is 5.11. The topological polar surface area (TPSA) is 66.3 Å². The van der Waals surface area contributed by atoms with Gasteiger partial charge in [0.1, 0.15) is 0 Å². The highest BCUT2D eigenvalue weighted by atomic mass is 16.4. The molecule has 0 aromatic carbocycles. The molecule has 1 saturated heterocycles. The number of carboxylic acids is 1. The molecule has 0 unspecified atom stereocenters. The Bertz CT molecular complexity index is 411. The van der Waals surface area contributed by atoms with Crippen LogP contribution in [0.5, 0.6) is 0 Å². The van der Waals surface area contributed by atoms with Gasteiger partial charge in [-0.1, -0.05) is 6.92 Å². The third kappa shape index (κ3) is 3.91. The zero-order valence-corrected chi connectivity index (χ0v) is 11.4. The highest BCUT2D eigenvalue weighted by Crippen LogP contribution is 2.24. The zero-order valence-electron chi connectivity index (χ0n) is 11.4. The van der Waals surface area contributed by atoms with Crippen molar-refractivity contribution in [3.05, 3.63) is 18.0 Å². The van der Waals surface area contributed by atoms with Gasteiger partial charge in [-0.2, -0.15) is 0 Å². The molecule has 0 atom stereocenters. The van der Waals surface area contributed by atoms with Crippen LogP contribution in [0.15, 0.2) is 12.4 Å². The number of piperidine rings is 1. The summed E-state index contributed by atoms with van der Waals surface area (Å²) in [6, 6.07) is 0. The van der Waals surface area contributed by atoms with Crippen molar-refractivity contribution < 1.29 is 9.90 Å². The summed E-state index contributed by atoms with van der Waals surface area (Å²) in [6.45, 7) is 3.94. The Kier molecular flexibility index (Phi) is 4.71. The largest absolute Gasteiger partial charge is 0.481 e. The van der Waals surface area contributed by atoms with Crippen molar-refractivity contribution in [2.24, 2.45) is 5.92 Å². The Morgan fingerprint density at radius 1 is 1.37 bits per heavy atom. The molecule has 5 nitrogen and oxygen atoms in total. The Hall–Kier alpha value is -1.65. The van der Waals surface area contributed by atoms with Gasteiger partial charge in [0.05, 0.1) is 0 Å². The first-order chi connectivity index (χ1) is 9.19. The van der Waals surface area contributed by atoms with Gasteiger partial charge >= 0.3 is 5.97 Å². The molecule has 2 rings (SSSR count). The number of aryl methyl sites for hydroxylation is 1. The third-order valence-corrected chi connectivity index (χ3v) is 3.76. The molecule has 1 aliphatic heterocycles. The minimum Gasteiger partial charge on any atom is -0.481 e. The number of carbonyl (C=O) groups is 1. The lowest BCUT2D eigenvalue weighted by Gasteiger charge is -2.31. The van der Waals surface area contributed by atoms with Gasteiger partial charge in [-0.25, -0.2) is 9.97 Å². The molecule has 19 heavy (non-hydrogen) atoms. The smallest absolute Gasteiger partial charge is 0.303 e. The average Bonchev–Trinajstić information content (AvgIpc) is 2.46. The number of nitrogens with zero attached hydrogens (tertiary/aromatic N) is 3. The normalized spacial score (nSPS) is 16.6. The van der Waals surface area contributed by atoms with E-state index in [1.54, 1.807) is 0 Å². The van der Waals surface area contributed by atoms with E-state index in [2.05, 4.69) is 21.8 Å². The van der Waals surface area contributed by atoms with Crippen LogP contribution in [0.25, 0.3) is 0 Å². The van der Waals surface area contributed by atoms with E-state index >= 15 is 0 Å². The fourth-order valence-corrected chi connectivity index (χ4v) is 2.44. The van der Waals surface area contributed by atoms with Crippen molar-refractivity contribution in [2.45, 2.75) is 39.0 Å². The number of anilines is 1. The highest BCUT2D eigenvalue weighted by Gasteiger charge is 2.21. The van der Waals surface area contributed by atoms with E-state index in [9.17, 15) is 4.79 Å². The van der Waals surface area contributed by atoms with Crippen molar-refractivity contribution in [3.8, 4) is 0 Å². The lowest BCUT2D eigenvalue weighted by Crippen LogP contribution is -2.35. The maximum absolute atomic E-state index is 10.6. The number of rotatable bonds is 5. The van der Waals surface area contributed by atoms with Crippen LogP contribution in [0.3, 0.4) is 0 Å². The predicted molar refractivity (Wildman–Crippen MR) is 73.2 cm³/mol. The summed E-state index contributed by atoms with van der Waals surface area (Å²) in [7, 11) is 0. The first-order valence-corrected chi connectivity index (χ1v) is 6.96. The van der Waals surface area contributed by atoms with Gasteiger partial charge in [0, 0.05) is 31.9 Å². The number of carboxylic acid groups (broad SMARTS) is 1. The average molecular weight is 263 g/mol. The minimum absolute atomic E-state index is 0.284. The van der Waals surface area contributed by atoms with Crippen LogP contribution in [-0.2, 0) is 11.2 Å². The number of hydrogen-bond acceptors (Lipinski definition) is 4. The molecule has 1 N–H and O–H groups in total. The van der Waals surface area contributed by atoms with Crippen molar-refractivity contribution in [1.82, 2.24) is 9.97 Å². The van der Waals surface area contributed by atoms with E-state index in [4.69, 9.17) is 5.11 Å². The Labute approximate surface area is 113 Å². The second kappa shape index (κ2) is 6.50. The summed E-state index contributed by atoms with van der Waals surface area (Å²) in [5.74, 6) is 0.636. The molecule has 0 spiro atoms. The van der Waals surface area contributed by atoms with E-state index in [-0.39, 0.29) is 6.42 Å². The van der Waals surface area contributed by atoms with E-state index < -0.39 is 5.97 Å². The number of aromatic nitrogens is 2. The van der Waals surface area contributed by atoms with E-state index in [0.717, 1.165) is 50.3 Å². The van der Waals surface area contributed by atoms with Crippen LogP contribution in [0.1, 0.15) is 38.2 Å². The molecule has 1 aliphatic rings. The van der Waals surface area contributed by atoms with Gasteiger partial charge in [-0.05, 0) is 37.2 Å². The van der Waals surface area contributed by atoms with E-state index in [1.807, 2.05) is 12.4 Å². The number of hydrogen-bond donors (Lipinski definition) is 1. The molecular weight excluding hydrogens is 242 g/mol. The molecule has 1 fully saturated rings. The molecule has 1 aromatic rings. The van der Waals surface area contributed by atoms with Crippen molar-refractivity contribution in [3.63, 3.8) is 0 Å². The van der Waals surface area contributed by atoms with Gasteiger partial charge in [0.15, 0.2) is 0 Å². The first-order valence-electron chi connectivity index (χ1n) is 6.96. The fourth-order valence-electron chi connectivity index (χ4n) is 2.44. The molecular formula is C14H21N3O2. The van der Waals surface area contributed by atoms with Crippen LogP contribution in [-0.4, -0.2) is 34.1 Å². The molecule has 0 bridgehead atoms. The summed E-state index contributed by atoms with van der Waals surface area (Å²) >= 11 is 0.